The number of hydrogen-bond acceptors (Lipinski definition) is 3. The molecule has 0 aromatic heterocycles. The van der Waals surface area contributed by atoms with Gasteiger partial charge in [0.2, 0.25) is 0 Å². The van der Waals surface area contributed by atoms with Crippen molar-refractivity contribution in [3.63, 3.8) is 0 Å². The van der Waals surface area contributed by atoms with Gasteiger partial charge in [-0.05, 0) is 57.1 Å². The fraction of sp³-hybridized carbons (Fsp3) is 0.562. The monoisotopic (exact) mass is 276 g/mol. The maximum Gasteiger partial charge on any atom is 0.303 e. The van der Waals surface area contributed by atoms with Crippen LogP contribution in [0.5, 0.6) is 0 Å². The second-order valence-electron chi connectivity index (χ2n) is 5.71. The van der Waals surface area contributed by atoms with Gasteiger partial charge in [0, 0.05) is 25.2 Å². The average molecular weight is 276 g/mol. The number of hydrogen-bond donors (Lipinski definition) is 1. The van der Waals surface area contributed by atoms with E-state index < -0.39 is 5.97 Å². The van der Waals surface area contributed by atoms with Gasteiger partial charge in [-0.15, -0.1) is 0 Å². The highest BCUT2D eigenvalue weighted by molar-refractivity contribution is 5.67. The zero-order valence-electron chi connectivity index (χ0n) is 12.4. The summed E-state index contributed by atoms with van der Waals surface area (Å²) in [6.45, 7) is 2.32. The molecular formula is C16H24N2O2. The summed E-state index contributed by atoms with van der Waals surface area (Å²) in [6.07, 6.45) is 3.21. The minimum Gasteiger partial charge on any atom is -0.481 e. The third-order valence-corrected chi connectivity index (χ3v) is 4.21. The Balaban J connectivity index is 1.93. The van der Waals surface area contributed by atoms with Gasteiger partial charge in [-0.25, -0.2) is 0 Å². The quantitative estimate of drug-likeness (QED) is 0.895. The van der Waals surface area contributed by atoms with Crippen LogP contribution in [0.1, 0.15) is 24.8 Å². The molecule has 0 spiro atoms. The molecule has 0 aliphatic carbocycles. The number of aliphatic carboxylic acids is 1. The molecule has 1 aromatic carbocycles. The average Bonchev–Trinajstić information content (AvgIpc) is 2.46. The van der Waals surface area contributed by atoms with Crippen LogP contribution in [-0.4, -0.2) is 49.2 Å². The van der Waals surface area contributed by atoms with E-state index in [0.717, 1.165) is 18.7 Å². The molecule has 20 heavy (non-hydrogen) atoms. The highest BCUT2D eigenvalue weighted by Gasteiger charge is 2.20. The topological polar surface area (TPSA) is 43.8 Å². The summed E-state index contributed by atoms with van der Waals surface area (Å²) in [7, 11) is 4.33. The zero-order valence-corrected chi connectivity index (χ0v) is 12.4. The van der Waals surface area contributed by atoms with Gasteiger partial charge in [0.1, 0.15) is 0 Å². The second-order valence-corrected chi connectivity index (χ2v) is 5.71. The Morgan fingerprint density at radius 2 is 1.90 bits per heavy atom. The lowest BCUT2D eigenvalue weighted by atomic mass is 10.0. The summed E-state index contributed by atoms with van der Waals surface area (Å²) in [5.74, 6) is -0.738. The van der Waals surface area contributed by atoms with Crippen LogP contribution in [0.3, 0.4) is 0 Å². The molecule has 0 atom stereocenters. The first-order valence-electron chi connectivity index (χ1n) is 7.28. The fourth-order valence-electron chi connectivity index (χ4n) is 2.74. The number of carboxylic acid groups (broad SMARTS) is 1. The smallest absolute Gasteiger partial charge is 0.303 e. The number of anilines is 1. The van der Waals surface area contributed by atoms with E-state index in [4.69, 9.17) is 5.11 Å². The van der Waals surface area contributed by atoms with Crippen LogP contribution in [0, 0.1) is 0 Å². The summed E-state index contributed by atoms with van der Waals surface area (Å²) in [4.78, 5) is 15.3. The number of likely N-dealkylation sites (tertiary alicyclic amines) is 1. The Morgan fingerprint density at radius 3 is 2.45 bits per heavy atom. The van der Waals surface area contributed by atoms with Gasteiger partial charge in [0.25, 0.3) is 0 Å². The molecule has 0 saturated carbocycles. The number of nitrogens with zero attached hydrogens (tertiary/aromatic N) is 2. The lowest BCUT2D eigenvalue weighted by molar-refractivity contribution is -0.136. The number of aryl methyl sites for hydroxylation is 1. The molecule has 0 amide bonds. The Labute approximate surface area is 121 Å². The van der Waals surface area contributed by atoms with Crippen LogP contribution < -0.4 is 4.90 Å². The van der Waals surface area contributed by atoms with E-state index in [9.17, 15) is 4.79 Å². The SMILES string of the molecule is CN1CCC(N(C)c2ccc(CCC(=O)O)cc2)CC1. The van der Waals surface area contributed by atoms with E-state index in [0.29, 0.717) is 12.5 Å². The molecule has 0 unspecified atom stereocenters. The van der Waals surface area contributed by atoms with E-state index in [1.165, 1.54) is 18.5 Å². The fourth-order valence-corrected chi connectivity index (χ4v) is 2.74. The Bertz CT molecular complexity index is 436. The van der Waals surface area contributed by atoms with Crippen molar-refractivity contribution in [1.82, 2.24) is 4.90 Å². The molecule has 1 fully saturated rings. The summed E-state index contributed by atoms with van der Waals surface area (Å²) in [5.41, 5.74) is 2.31. The standard InChI is InChI=1S/C16H24N2O2/c1-17-11-9-15(10-12-17)18(2)14-6-3-13(4-7-14)5-8-16(19)20/h3-4,6-7,15H,5,8-12H2,1-2H3,(H,19,20). The molecule has 1 aliphatic heterocycles. The van der Waals surface area contributed by atoms with Crippen LogP contribution in [0.2, 0.25) is 0 Å². The molecular weight excluding hydrogens is 252 g/mol. The highest BCUT2D eigenvalue weighted by atomic mass is 16.4. The first kappa shape index (κ1) is 14.9. The highest BCUT2D eigenvalue weighted by Crippen LogP contribution is 2.22. The van der Waals surface area contributed by atoms with Gasteiger partial charge in [-0.2, -0.15) is 0 Å². The van der Waals surface area contributed by atoms with E-state index >= 15 is 0 Å². The number of carbonyl (C=O) groups is 1. The Morgan fingerprint density at radius 1 is 1.30 bits per heavy atom. The predicted molar refractivity (Wildman–Crippen MR) is 81.3 cm³/mol. The van der Waals surface area contributed by atoms with Crippen molar-refractivity contribution in [1.29, 1.82) is 0 Å². The van der Waals surface area contributed by atoms with E-state index in [1.54, 1.807) is 0 Å². The molecule has 4 nitrogen and oxygen atoms in total. The van der Waals surface area contributed by atoms with Crippen LogP contribution in [0.15, 0.2) is 24.3 Å². The van der Waals surface area contributed by atoms with Crippen molar-refractivity contribution < 1.29 is 9.90 Å². The molecule has 0 bridgehead atoms. The second kappa shape index (κ2) is 6.75. The minimum absolute atomic E-state index is 0.199. The summed E-state index contributed by atoms with van der Waals surface area (Å²) < 4.78 is 0. The first-order chi connectivity index (χ1) is 9.56. The molecule has 1 aliphatic rings. The molecule has 1 heterocycles. The van der Waals surface area contributed by atoms with Gasteiger partial charge in [0.15, 0.2) is 0 Å². The van der Waals surface area contributed by atoms with Crippen LogP contribution in [0.25, 0.3) is 0 Å². The third-order valence-electron chi connectivity index (χ3n) is 4.21. The van der Waals surface area contributed by atoms with Crippen LogP contribution in [0.4, 0.5) is 5.69 Å². The number of rotatable bonds is 5. The van der Waals surface area contributed by atoms with Gasteiger partial charge >= 0.3 is 5.97 Å². The minimum atomic E-state index is -0.738. The predicted octanol–water partition coefficient (Wildman–Crippen LogP) is 2.23. The number of benzene rings is 1. The van der Waals surface area contributed by atoms with Crippen molar-refractivity contribution in [2.75, 3.05) is 32.1 Å². The van der Waals surface area contributed by atoms with Crippen LogP contribution >= 0.6 is 0 Å². The molecule has 1 saturated heterocycles. The first-order valence-corrected chi connectivity index (χ1v) is 7.28. The van der Waals surface area contributed by atoms with E-state index in [2.05, 4.69) is 36.0 Å². The van der Waals surface area contributed by atoms with Crippen molar-refractivity contribution in [2.24, 2.45) is 0 Å². The summed E-state index contributed by atoms with van der Waals surface area (Å²) in [6, 6.07) is 8.91. The third kappa shape index (κ3) is 3.97. The molecule has 0 radical (unpaired) electrons. The van der Waals surface area contributed by atoms with Gasteiger partial charge in [-0.1, -0.05) is 12.1 Å². The lowest BCUT2D eigenvalue weighted by Crippen LogP contribution is -2.41. The van der Waals surface area contributed by atoms with Crippen molar-refractivity contribution in [3.8, 4) is 0 Å². The van der Waals surface area contributed by atoms with E-state index in [-0.39, 0.29) is 6.42 Å². The summed E-state index contributed by atoms with van der Waals surface area (Å²) >= 11 is 0. The summed E-state index contributed by atoms with van der Waals surface area (Å²) in [5, 5.41) is 8.70. The van der Waals surface area contributed by atoms with Crippen molar-refractivity contribution >= 4 is 11.7 Å². The van der Waals surface area contributed by atoms with Gasteiger partial charge in [0.05, 0.1) is 0 Å². The zero-order chi connectivity index (χ0) is 14.5. The molecule has 1 N–H and O–H groups in total. The van der Waals surface area contributed by atoms with E-state index in [1.807, 2.05) is 12.1 Å². The molecule has 1 aromatic rings. The molecule has 110 valence electrons. The maximum absolute atomic E-state index is 10.6. The Hall–Kier alpha value is -1.55. The van der Waals surface area contributed by atoms with Crippen molar-refractivity contribution in [3.05, 3.63) is 29.8 Å². The molecule has 4 heteroatoms. The maximum atomic E-state index is 10.6. The molecule has 2 rings (SSSR count). The lowest BCUT2D eigenvalue weighted by Gasteiger charge is -2.36. The van der Waals surface area contributed by atoms with Crippen LogP contribution in [-0.2, 0) is 11.2 Å². The normalized spacial score (nSPS) is 17.1. The number of carboxylic acids is 1. The van der Waals surface area contributed by atoms with Gasteiger partial charge < -0.3 is 14.9 Å². The Kier molecular flexibility index (Phi) is 5.01. The number of piperidine rings is 1. The largest absolute Gasteiger partial charge is 0.481 e. The van der Waals surface area contributed by atoms with Crippen molar-refractivity contribution in [2.45, 2.75) is 31.7 Å². The van der Waals surface area contributed by atoms with Gasteiger partial charge in [-0.3, -0.25) is 4.79 Å².